The lowest BCUT2D eigenvalue weighted by Gasteiger charge is -2.08. The number of aromatic nitrogens is 3. The van der Waals surface area contributed by atoms with Gasteiger partial charge in [0.05, 0.1) is 5.33 Å². The van der Waals surface area contributed by atoms with E-state index in [-0.39, 0.29) is 5.82 Å². The van der Waals surface area contributed by atoms with Gasteiger partial charge in [-0.05, 0) is 43.5 Å². The summed E-state index contributed by atoms with van der Waals surface area (Å²) in [6.07, 6.45) is 2.30. The molecular formula is C13H13BrFN3. The average Bonchev–Trinajstić information content (AvgIpc) is 3.07. The van der Waals surface area contributed by atoms with Crippen LogP contribution in [0.15, 0.2) is 18.2 Å². The summed E-state index contributed by atoms with van der Waals surface area (Å²) < 4.78 is 15.6. The maximum atomic E-state index is 13.5. The van der Waals surface area contributed by atoms with E-state index >= 15 is 0 Å². The van der Waals surface area contributed by atoms with Gasteiger partial charge >= 0.3 is 0 Å². The number of benzene rings is 1. The van der Waals surface area contributed by atoms with E-state index < -0.39 is 0 Å². The predicted molar refractivity (Wildman–Crippen MR) is 71.1 cm³/mol. The molecule has 0 unspecified atom stereocenters. The third-order valence-electron chi connectivity index (χ3n) is 3.10. The van der Waals surface area contributed by atoms with E-state index in [2.05, 4.69) is 30.7 Å². The summed E-state index contributed by atoms with van der Waals surface area (Å²) >= 11 is 3.42. The number of alkyl halides is 1. The van der Waals surface area contributed by atoms with Crippen molar-refractivity contribution in [2.75, 3.05) is 0 Å². The van der Waals surface area contributed by atoms with Gasteiger partial charge in [0.2, 0.25) is 0 Å². The summed E-state index contributed by atoms with van der Waals surface area (Å²) in [4.78, 5) is 0. The van der Waals surface area contributed by atoms with E-state index in [4.69, 9.17) is 0 Å². The average molecular weight is 310 g/mol. The Kier molecular flexibility index (Phi) is 2.93. The first-order valence-corrected chi connectivity index (χ1v) is 7.08. The van der Waals surface area contributed by atoms with Crippen molar-refractivity contribution in [3.63, 3.8) is 0 Å². The van der Waals surface area contributed by atoms with Crippen LogP contribution in [0.2, 0.25) is 0 Å². The summed E-state index contributed by atoms with van der Waals surface area (Å²) in [6.45, 7) is 1.88. The molecule has 1 fully saturated rings. The molecule has 0 radical (unpaired) electrons. The molecule has 5 heteroatoms. The quantitative estimate of drug-likeness (QED) is 0.811. The zero-order chi connectivity index (χ0) is 12.7. The van der Waals surface area contributed by atoms with Crippen molar-refractivity contribution < 1.29 is 4.39 Å². The van der Waals surface area contributed by atoms with Gasteiger partial charge in [0.1, 0.15) is 11.6 Å². The highest BCUT2D eigenvalue weighted by atomic mass is 79.9. The van der Waals surface area contributed by atoms with Gasteiger partial charge in [0.25, 0.3) is 0 Å². The fourth-order valence-electron chi connectivity index (χ4n) is 2.19. The molecule has 1 aromatic heterocycles. The van der Waals surface area contributed by atoms with Crippen LogP contribution in [-0.2, 0) is 5.33 Å². The molecule has 18 heavy (non-hydrogen) atoms. The maximum absolute atomic E-state index is 13.5. The van der Waals surface area contributed by atoms with E-state index in [0.29, 0.717) is 11.4 Å². The monoisotopic (exact) mass is 309 g/mol. The van der Waals surface area contributed by atoms with Crippen LogP contribution in [0.25, 0.3) is 11.4 Å². The van der Waals surface area contributed by atoms with Crippen LogP contribution in [-0.4, -0.2) is 14.8 Å². The predicted octanol–water partition coefficient (Wildman–Crippen LogP) is 3.62. The van der Waals surface area contributed by atoms with Crippen LogP contribution in [0.5, 0.6) is 0 Å². The number of hydrogen-bond acceptors (Lipinski definition) is 2. The molecular weight excluding hydrogens is 297 g/mol. The molecule has 0 atom stereocenters. The van der Waals surface area contributed by atoms with Crippen molar-refractivity contribution in [2.45, 2.75) is 31.1 Å². The van der Waals surface area contributed by atoms with Crippen LogP contribution >= 0.6 is 15.9 Å². The molecule has 1 aromatic carbocycles. The van der Waals surface area contributed by atoms with Gasteiger partial charge in [-0.2, -0.15) is 0 Å². The second kappa shape index (κ2) is 4.46. The first kappa shape index (κ1) is 11.8. The minimum Gasteiger partial charge on any atom is -0.307 e. The highest BCUT2D eigenvalue weighted by Gasteiger charge is 2.29. The SMILES string of the molecule is Cc1cc(F)cc(-c2nnc(CBr)n2C2CC2)c1. The number of nitrogens with zero attached hydrogens (tertiary/aromatic N) is 3. The standard InChI is InChI=1S/C13H13BrFN3/c1-8-4-9(6-10(15)5-8)13-17-16-12(7-14)18(13)11-2-3-11/h4-6,11H,2-3,7H2,1H3. The maximum Gasteiger partial charge on any atom is 0.164 e. The molecule has 1 heterocycles. The minimum absolute atomic E-state index is 0.226. The molecule has 0 N–H and O–H groups in total. The Hall–Kier alpha value is -1.23. The Bertz CT molecular complexity index is 570. The van der Waals surface area contributed by atoms with Crippen LogP contribution in [0.1, 0.15) is 30.3 Å². The van der Waals surface area contributed by atoms with E-state index in [1.807, 2.05) is 13.0 Å². The Morgan fingerprint density at radius 1 is 1.33 bits per heavy atom. The molecule has 0 spiro atoms. The van der Waals surface area contributed by atoms with Crippen LogP contribution < -0.4 is 0 Å². The molecule has 3 nitrogen and oxygen atoms in total. The zero-order valence-corrected chi connectivity index (χ0v) is 11.6. The lowest BCUT2D eigenvalue weighted by atomic mass is 10.1. The highest BCUT2D eigenvalue weighted by molar-refractivity contribution is 9.08. The van der Waals surface area contributed by atoms with E-state index in [9.17, 15) is 4.39 Å². The molecule has 0 amide bonds. The topological polar surface area (TPSA) is 30.7 Å². The summed E-state index contributed by atoms with van der Waals surface area (Å²) in [7, 11) is 0. The van der Waals surface area contributed by atoms with Crippen molar-refractivity contribution in [3.8, 4) is 11.4 Å². The molecule has 3 rings (SSSR count). The summed E-state index contributed by atoms with van der Waals surface area (Å²) in [5.41, 5.74) is 1.70. The normalized spacial score (nSPS) is 15.1. The van der Waals surface area contributed by atoms with Crippen molar-refractivity contribution in [1.82, 2.24) is 14.8 Å². The molecule has 0 saturated heterocycles. The van der Waals surface area contributed by atoms with Crippen molar-refractivity contribution >= 4 is 15.9 Å². The Balaban J connectivity index is 2.13. The van der Waals surface area contributed by atoms with Crippen molar-refractivity contribution in [2.24, 2.45) is 0 Å². The lowest BCUT2D eigenvalue weighted by molar-refractivity contribution is 0.626. The first-order valence-electron chi connectivity index (χ1n) is 5.96. The number of hydrogen-bond donors (Lipinski definition) is 0. The first-order chi connectivity index (χ1) is 8.69. The zero-order valence-electron chi connectivity index (χ0n) is 10.0. The summed E-state index contributed by atoms with van der Waals surface area (Å²) in [6, 6.07) is 5.47. The molecule has 1 aliphatic rings. The largest absolute Gasteiger partial charge is 0.307 e. The smallest absolute Gasteiger partial charge is 0.164 e. The second-order valence-electron chi connectivity index (χ2n) is 4.69. The molecule has 1 saturated carbocycles. The fraction of sp³-hybridized carbons (Fsp3) is 0.385. The summed E-state index contributed by atoms with van der Waals surface area (Å²) in [5.74, 6) is 1.46. The minimum atomic E-state index is -0.226. The Morgan fingerprint density at radius 2 is 2.11 bits per heavy atom. The number of rotatable bonds is 3. The van der Waals surface area contributed by atoms with Gasteiger partial charge in [-0.25, -0.2) is 4.39 Å². The van der Waals surface area contributed by atoms with Gasteiger partial charge in [0, 0.05) is 11.6 Å². The fourth-order valence-corrected chi connectivity index (χ4v) is 2.58. The molecule has 0 bridgehead atoms. The molecule has 0 aliphatic heterocycles. The summed E-state index contributed by atoms with van der Waals surface area (Å²) in [5, 5.41) is 9.06. The third-order valence-corrected chi connectivity index (χ3v) is 3.60. The van der Waals surface area contributed by atoms with Crippen molar-refractivity contribution in [1.29, 1.82) is 0 Å². The van der Waals surface area contributed by atoms with Crippen LogP contribution in [0, 0.1) is 12.7 Å². The Labute approximate surface area is 113 Å². The van der Waals surface area contributed by atoms with Crippen LogP contribution in [0.3, 0.4) is 0 Å². The van der Waals surface area contributed by atoms with Gasteiger partial charge in [0.15, 0.2) is 5.82 Å². The van der Waals surface area contributed by atoms with E-state index in [1.165, 1.54) is 12.1 Å². The van der Waals surface area contributed by atoms with Gasteiger partial charge in [-0.3, -0.25) is 0 Å². The number of aryl methyl sites for hydroxylation is 1. The third kappa shape index (κ3) is 2.07. The van der Waals surface area contributed by atoms with Crippen LogP contribution in [0.4, 0.5) is 4.39 Å². The second-order valence-corrected chi connectivity index (χ2v) is 5.25. The van der Waals surface area contributed by atoms with Gasteiger partial charge in [-0.1, -0.05) is 15.9 Å². The van der Waals surface area contributed by atoms with E-state index in [1.54, 1.807) is 0 Å². The van der Waals surface area contributed by atoms with E-state index in [0.717, 1.165) is 35.6 Å². The molecule has 94 valence electrons. The lowest BCUT2D eigenvalue weighted by Crippen LogP contribution is -2.02. The number of halogens is 2. The Morgan fingerprint density at radius 3 is 2.72 bits per heavy atom. The van der Waals surface area contributed by atoms with Gasteiger partial charge < -0.3 is 4.57 Å². The molecule has 1 aliphatic carbocycles. The highest BCUT2D eigenvalue weighted by Crippen LogP contribution is 2.39. The molecule has 2 aromatic rings. The van der Waals surface area contributed by atoms with Crippen molar-refractivity contribution in [3.05, 3.63) is 35.4 Å². The van der Waals surface area contributed by atoms with Gasteiger partial charge in [-0.15, -0.1) is 10.2 Å².